The zero-order valence-electron chi connectivity index (χ0n) is 18.4. The van der Waals surface area contributed by atoms with Crippen LogP contribution < -0.4 is 16.4 Å². The molecule has 0 radical (unpaired) electrons. The third kappa shape index (κ3) is 17.8. The van der Waals surface area contributed by atoms with Crippen LogP contribution in [0.15, 0.2) is 12.7 Å². The van der Waals surface area contributed by atoms with E-state index in [1.165, 1.54) is 32.1 Å². The summed E-state index contributed by atoms with van der Waals surface area (Å²) in [4.78, 5) is 23.5. The summed E-state index contributed by atoms with van der Waals surface area (Å²) in [5.74, 6) is -0.0791. The maximum absolute atomic E-state index is 12.0. The van der Waals surface area contributed by atoms with Crippen molar-refractivity contribution in [1.29, 1.82) is 0 Å². The summed E-state index contributed by atoms with van der Waals surface area (Å²) in [6.07, 6.45) is 13.3. The number of rotatable bonds is 16. The van der Waals surface area contributed by atoms with E-state index in [4.69, 9.17) is 10.5 Å². The lowest BCUT2D eigenvalue weighted by Crippen LogP contribution is -2.41. The number of ether oxygens (including phenoxy) is 1. The van der Waals surface area contributed by atoms with E-state index in [-0.39, 0.29) is 5.91 Å². The molecule has 0 aliphatic heterocycles. The molecule has 0 fully saturated rings. The Kier molecular flexibility index (Phi) is 15.5. The molecule has 0 heterocycles. The summed E-state index contributed by atoms with van der Waals surface area (Å²) < 4.78 is 5.16. The quantitative estimate of drug-likeness (QED) is 0.265. The van der Waals surface area contributed by atoms with Gasteiger partial charge in [-0.1, -0.05) is 38.2 Å². The molecule has 6 nitrogen and oxygen atoms in total. The first-order valence-electron chi connectivity index (χ1n) is 10.9. The van der Waals surface area contributed by atoms with Crippen molar-refractivity contribution in [3.05, 3.63) is 12.7 Å². The van der Waals surface area contributed by atoms with Crippen LogP contribution in [0.4, 0.5) is 4.79 Å². The number of nitrogens with two attached hydrogens (primary N) is 1. The van der Waals surface area contributed by atoms with Crippen molar-refractivity contribution in [2.24, 2.45) is 5.73 Å². The topological polar surface area (TPSA) is 93.5 Å². The number of carbonyl (C=O) groups excluding carboxylic acids is 2. The standard InChI is InChI=1S/C22H43N3O3/c1-5-6-7-8-9-10-11-12-14-17-24-20(26)19(23)16-13-15-18-25-21(27)28-22(2,3)4/h5,19H,1,6-18,23H2,2-4H3,(H,24,26)(H,25,27)/t19-/m0/s1. The van der Waals surface area contributed by atoms with Gasteiger partial charge in [0.25, 0.3) is 0 Å². The van der Waals surface area contributed by atoms with Gasteiger partial charge in [0.1, 0.15) is 5.60 Å². The van der Waals surface area contributed by atoms with Crippen LogP contribution in [0.1, 0.15) is 91.4 Å². The molecule has 28 heavy (non-hydrogen) atoms. The van der Waals surface area contributed by atoms with Crippen LogP contribution in [0.2, 0.25) is 0 Å². The lowest BCUT2D eigenvalue weighted by Gasteiger charge is -2.19. The van der Waals surface area contributed by atoms with Crippen molar-refractivity contribution < 1.29 is 14.3 Å². The molecule has 2 amide bonds. The number of carbonyl (C=O) groups is 2. The molecule has 0 saturated carbocycles. The van der Waals surface area contributed by atoms with Crippen LogP contribution in [0, 0.1) is 0 Å². The van der Waals surface area contributed by atoms with Gasteiger partial charge in [0, 0.05) is 13.1 Å². The summed E-state index contributed by atoms with van der Waals surface area (Å²) in [6.45, 7) is 10.4. The van der Waals surface area contributed by atoms with Gasteiger partial charge < -0.3 is 21.1 Å². The van der Waals surface area contributed by atoms with Crippen molar-refractivity contribution in [2.45, 2.75) is 103 Å². The molecular formula is C22H43N3O3. The van der Waals surface area contributed by atoms with E-state index >= 15 is 0 Å². The highest BCUT2D eigenvalue weighted by molar-refractivity contribution is 5.81. The van der Waals surface area contributed by atoms with Gasteiger partial charge in [0.2, 0.25) is 5.91 Å². The molecule has 4 N–H and O–H groups in total. The molecule has 0 aromatic rings. The second-order valence-electron chi connectivity index (χ2n) is 8.37. The number of hydrogen-bond donors (Lipinski definition) is 3. The van der Waals surface area contributed by atoms with Crippen LogP contribution in [-0.2, 0) is 9.53 Å². The summed E-state index contributed by atoms with van der Waals surface area (Å²) in [6, 6.07) is -0.480. The lowest BCUT2D eigenvalue weighted by atomic mass is 10.1. The summed E-state index contributed by atoms with van der Waals surface area (Å²) in [7, 11) is 0. The molecule has 0 aromatic carbocycles. The third-order valence-electron chi connectivity index (χ3n) is 4.33. The molecule has 0 aliphatic rings. The maximum atomic E-state index is 12.0. The molecule has 0 saturated heterocycles. The highest BCUT2D eigenvalue weighted by Gasteiger charge is 2.16. The second kappa shape index (κ2) is 16.4. The molecular weight excluding hydrogens is 354 g/mol. The number of nitrogens with one attached hydrogen (secondary N) is 2. The van der Waals surface area contributed by atoms with E-state index in [0.29, 0.717) is 19.5 Å². The minimum atomic E-state index is -0.490. The van der Waals surface area contributed by atoms with Crippen molar-refractivity contribution in [2.75, 3.05) is 13.1 Å². The highest BCUT2D eigenvalue weighted by atomic mass is 16.6. The number of alkyl carbamates (subject to hydrolysis) is 1. The first kappa shape index (κ1) is 26.4. The summed E-state index contributed by atoms with van der Waals surface area (Å²) >= 11 is 0. The second-order valence-corrected chi connectivity index (χ2v) is 8.37. The zero-order chi connectivity index (χ0) is 21.3. The predicted octanol–water partition coefficient (Wildman–Crippen LogP) is 4.43. The SMILES string of the molecule is C=CCCCCCCCCCNC(=O)[C@@H](N)CCCCNC(=O)OC(C)(C)C. The Morgan fingerprint density at radius 2 is 1.46 bits per heavy atom. The van der Waals surface area contributed by atoms with Crippen molar-refractivity contribution in [3.8, 4) is 0 Å². The molecule has 0 aliphatic carbocycles. The Morgan fingerprint density at radius 1 is 0.929 bits per heavy atom. The van der Waals surface area contributed by atoms with Gasteiger partial charge in [-0.2, -0.15) is 0 Å². The third-order valence-corrected chi connectivity index (χ3v) is 4.33. The Balaban J connectivity index is 3.52. The zero-order valence-corrected chi connectivity index (χ0v) is 18.4. The molecule has 0 bridgehead atoms. The maximum Gasteiger partial charge on any atom is 0.407 e. The number of amides is 2. The largest absolute Gasteiger partial charge is 0.444 e. The van der Waals surface area contributed by atoms with E-state index < -0.39 is 17.7 Å². The fraction of sp³-hybridized carbons (Fsp3) is 0.818. The molecule has 6 heteroatoms. The lowest BCUT2D eigenvalue weighted by molar-refractivity contribution is -0.122. The fourth-order valence-corrected chi connectivity index (χ4v) is 2.77. The van der Waals surface area contributed by atoms with E-state index in [1.54, 1.807) is 0 Å². The van der Waals surface area contributed by atoms with Crippen LogP contribution in [0.3, 0.4) is 0 Å². The van der Waals surface area contributed by atoms with Crippen LogP contribution in [0.5, 0.6) is 0 Å². The summed E-state index contributed by atoms with van der Waals surface area (Å²) in [5.41, 5.74) is 5.44. The van der Waals surface area contributed by atoms with Crippen molar-refractivity contribution in [1.82, 2.24) is 10.6 Å². The average Bonchev–Trinajstić information content (AvgIpc) is 2.61. The van der Waals surface area contributed by atoms with Gasteiger partial charge in [-0.25, -0.2) is 4.79 Å². The molecule has 0 unspecified atom stereocenters. The Morgan fingerprint density at radius 3 is 2.07 bits per heavy atom. The van der Waals surface area contributed by atoms with E-state index in [1.807, 2.05) is 26.8 Å². The predicted molar refractivity (Wildman–Crippen MR) is 116 cm³/mol. The van der Waals surface area contributed by atoms with Crippen molar-refractivity contribution >= 4 is 12.0 Å². The first-order chi connectivity index (χ1) is 13.3. The molecule has 0 aromatic heterocycles. The first-order valence-corrected chi connectivity index (χ1v) is 10.9. The molecule has 164 valence electrons. The molecule has 0 spiro atoms. The van der Waals surface area contributed by atoms with Gasteiger partial charge in [-0.3, -0.25) is 4.79 Å². The van der Waals surface area contributed by atoms with Crippen LogP contribution >= 0.6 is 0 Å². The van der Waals surface area contributed by atoms with Crippen LogP contribution in [0.25, 0.3) is 0 Å². The summed E-state index contributed by atoms with van der Waals surface area (Å²) in [5, 5.41) is 5.63. The number of unbranched alkanes of at least 4 members (excludes halogenated alkanes) is 8. The number of hydrogen-bond acceptors (Lipinski definition) is 4. The number of allylic oxidation sites excluding steroid dienone is 1. The van der Waals surface area contributed by atoms with Crippen LogP contribution in [-0.4, -0.2) is 36.7 Å². The molecule has 0 rings (SSSR count). The average molecular weight is 398 g/mol. The Labute approximate surface area is 172 Å². The minimum absolute atomic E-state index is 0.0791. The van der Waals surface area contributed by atoms with Gasteiger partial charge in [0.05, 0.1) is 6.04 Å². The van der Waals surface area contributed by atoms with Gasteiger partial charge in [-0.05, 0) is 59.3 Å². The van der Waals surface area contributed by atoms with Crippen molar-refractivity contribution in [3.63, 3.8) is 0 Å². The van der Waals surface area contributed by atoms with E-state index in [2.05, 4.69) is 17.2 Å². The highest BCUT2D eigenvalue weighted by Crippen LogP contribution is 2.09. The minimum Gasteiger partial charge on any atom is -0.444 e. The Bertz CT molecular complexity index is 433. The van der Waals surface area contributed by atoms with E-state index in [9.17, 15) is 9.59 Å². The van der Waals surface area contributed by atoms with Gasteiger partial charge in [-0.15, -0.1) is 6.58 Å². The normalized spacial score (nSPS) is 12.3. The fourth-order valence-electron chi connectivity index (χ4n) is 2.77. The smallest absolute Gasteiger partial charge is 0.407 e. The molecule has 1 atom stereocenters. The Hall–Kier alpha value is -1.56. The van der Waals surface area contributed by atoms with Gasteiger partial charge >= 0.3 is 6.09 Å². The monoisotopic (exact) mass is 397 g/mol. The van der Waals surface area contributed by atoms with E-state index in [0.717, 1.165) is 32.1 Å². The van der Waals surface area contributed by atoms with Gasteiger partial charge in [0.15, 0.2) is 0 Å².